The Hall–Kier alpha value is -1.13. The predicted octanol–water partition coefficient (Wildman–Crippen LogP) is 3.87. The molecule has 1 aromatic carbocycles. The first kappa shape index (κ1) is 31.9. The number of hydrogen-bond donors (Lipinski definition) is 0. The Kier molecular flexibility index (Phi) is 12.7. The fourth-order valence-electron chi connectivity index (χ4n) is 4.47. The third-order valence-corrected chi connectivity index (χ3v) is 8.63. The van der Waals surface area contributed by atoms with Crippen LogP contribution in [-0.4, -0.2) is 92.5 Å². The highest BCUT2D eigenvalue weighted by Crippen LogP contribution is 2.25. The molecule has 2 aliphatic heterocycles. The summed E-state index contributed by atoms with van der Waals surface area (Å²) in [6, 6.07) is 11.9. The van der Waals surface area contributed by atoms with Crippen molar-refractivity contribution in [1.82, 2.24) is 19.1 Å². The summed E-state index contributed by atoms with van der Waals surface area (Å²) < 4.78 is 27.6. The van der Waals surface area contributed by atoms with Crippen LogP contribution in [0.15, 0.2) is 47.5 Å². The fraction of sp³-hybridized carbons (Fsp3) is 0.542. The summed E-state index contributed by atoms with van der Waals surface area (Å²) in [7, 11) is -3.44. The molecule has 2 saturated heterocycles. The summed E-state index contributed by atoms with van der Waals surface area (Å²) in [5, 5.41) is 0. The minimum absolute atomic E-state index is 0. The first-order valence-electron chi connectivity index (χ1n) is 11.7. The summed E-state index contributed by atoms with van der Waals surface area (Å²) in [6.07, 6.45) is 1.89. The second-order valence-corrected chi connectivity index (χ2v) is 10.8. The maximum atomic E-state index is 13.0. The third kappa shape index (κ3) is 7.44. The molecular formula is C24H38Cl3N5O2S. The Labute approximate surface area is 229 Å². The minimum atomic E-state index is -3.44. The van der Waals surface area contributed by atoms with Crippen molar-refractivity contribution in [3.8, 4) is 11.1 Å². The van der Waals surface area contributed by atoms with Crippen LogP contribution in [0.4, 0.5) is 5.82 Å². The predicted molar refractivity (Wildman–Crippen MR) is 151 cm³/mol. The number of rotatable bonds is 6. The number of anilines is 1. The van der Waals surface area contributed by atoms with Crippen LogP contribution in [0.1, 0.15) is 20.8 Å². The smallest absolute Gasteiger partial charge is 0.243 e. The molecule has 0 atom stereocenters. The van der Waals surface area contributed by atoms with E-state index >= 15 is 0 Å². The molecule has 7 nitrogen and oxygen atoms in total. The van der Waals surface area contributed by atoms with Crippen LogP contribution in [0.25, 0.3) is 11.1 Å². The van der Waals surface area contributed by atoms with E-state index in [1.807, 2.05) is 18.3 Å². The fourth-order valence-corrected chi connectivity index (χ4v) is 5.89. The zero-order valence-corrected chi connectivity index (χ0v) is 23.9. The van der Waals surface area contributed by atoms with Gasteiger partial charge in [-0.15, -0.1) is 37.2 Å². The highest BCUT2D eigenvalue weighted by molar-refractivity contribution is 7.89. The Balaban J connectivity index is 0.00000204. The Morgan fingerprint density at radius 3 is 1.86 bits per heavy atom. The molecule has 0 radical (unpaired) electrons. The number of aromatic nitrogens is 1. The summed E-state index contributed by atoms with van der Waals surface area (Å²) in [4.78, 5) is 12.1. The van der Waals surface area contributed by atoms with Crippen molar-refractivity contribution in [3.63, 3.8) is 0 Å². The van der Waals surface area contributed by atoms with Gasteiger partial charge in [-0.25, -0.2) is 13.4 Å². The lowest BCUT2D eigenvalue weighted by Gasteiger charge is -2.37. The second-order valence-electron chi connectivity index (χ2n) is 8.88. The van der Waals surface area contributed by atoms with E-state index in [9.17, 15) is 8.42 Å². The van der Waals surface area contributed by atoms with E-state index in [0.717, 1.165) is 62.8 Å². The average molecular weight is 567 g/mol. The monoisotopic (exact) mass is 565 g/mol. The Bertz CT molecular complexity index is 991. The van der Waals surface area contributed by atoms with Crippen LogP contribution in [0.3, 0.4) is 0 Å². The number of hydrogen-bond acceptors (Lipinski definition) is 6. The van der Waals surface area contributed by atoms with E-state index in [1.54, 1.807) is 16.4 Å². The molecule has 0 aliphatic carbocycles. The molecule has 0 saturated carbocycles. The Morgan fingerprint density at radius 2 is 1.37 bits per heavy atom. The molecule has 4 rings (SSSR count). The van der Waals surface area contributed by atoms with Crippen molar-refractivity contribution in [2.75, 3.05) is 63.8 Å². The molecule has 35 heavy (non-hydrogen) atoms. The van der Waals surface area contributed by atoms with Gasteiger partial charge in [0.2, 0.25) is 10.0 Å². The van der Waals surface area contributed by atoms with Crippen LogP contribution in [0, 0.1) is 0 Å². The van der Waals surface area contributed by atoms with Crippen molar-refractivity contribution < 1.29 is 8.42 Å². The van der Waals surface area contributed by atoms with E-state index in [-0.39, 0.29) is 37.2 Å². The molecule has 2 fully saturated rings. The van der Waals surface area contributed by atoms with Gasteiger partial charge in [0.05, 0.1) is 4.90 Å². The number of pyridine rings is 1. The Morgan fingerprint density at radius 1 is 0.800 bits per heavy atom. The van der Waals surface area contributed by atoms with Gasteiger partial charge in [0, 0.05) is 70.2 Å². The van der Waals surface area contributed by atoms with Gasteiger partial charge in [-0.2, -0.15) is 4.31 Å². The van der Waals surface area contributed by atoms with Gasteiger partial charge in [0.25, 0.3) is 0 Å². The molecule has 3 heterocycles. The lowest BCUT2D eigenvalue weighted by atomic mass is 10.1. The van der Waals surface area contributed by atoms with E-state index in [1.165, 1.54) is 0 Å². The van der Waals surface area contributed by atoms with Gasteiger partial charge >= 0.3 is 0 Å². The molecule has 2 aromatic rings. The number of piperazine rings is 2. The van der Waals surface area contributed by atoms with Crippen molar-refractivity contribution in [2.24, 2.45) is 0 Å². The molecule has 2 aliphatic rings. The number of benzene rings is 1. The molecule has 198 valence electrons. The molecule has 0 amide bonds. The average Bonchev–Trinajstić information content (AvgIpc) is 2.84. The van der Waals surface area contributed by atoms with Gasteiger partial charge in [0.15, 0.2) is 0 Å². The summed E-state index contributed by atoms with van der Waals surface area (Å²) in [5.74, 6) is 1.00. The third-order valence-electron chi connectivity index (χ3n) is 6.72. The van der Waals surface area contributed by atoms with Gasteiger partial charge in [-0.3, -0.25) is 4.90 Å². The van der Waals surface area contributed by atoms with Crippen LogP contribution < -0.4 is 4.90 Å². The maximum absolute atomic E-state index is 13.0. The molecule has 1 aromatic heterocycles. The lowest BCUT2D eigenvalue weighted by molar-refractivity contribution is 0.196. The number of sulfonamides is 1. The van der Waals surface area contributed by atoms with Gasteiger partial charge in [-0.1, -0.05) is 19.1 Å². The maximum Gasteiger partial charge on any atom is 0.243 e. The summed E-state index contributed by atoms with van der Waals surface area (Å²) >= 11 is 0. The first-order valence-corrected chi connectivity index (χ1v) is 13.1. The molecule has 0 bridgehead atoms. The van der Waals surface area contributed by atoms with Gasteiger partial charge < -0.3 is 9.80 Å². The number of halogens is 3. The summed E-state index contributed by atoms with van der Waals surface area (Å²) in [5.41, 5.74) is 1.97. The van der Waals surface area contributed by atoms with Gasteiger partial charge in [0.1, 0.15) is 5.82 Å². The van der Waals surface area contributed by atoms with Crippen molar-refractivity contribution in [1.29, 1.82) is 0 Å². The minimum Gasteiger partial charge on any atom is -0.354 e. The largest absolute Gasteiger partial charge is 0.354 e. The van der Waals surface area contributed by atoms with Crippen LogP contribution in [0.2, 0.25) is 0 Å². The zero-order chi connectivity index (χ0) is 22.7. The lowest BCUT2D eigenvalue weighted by Crippen LogP contribution is -2.49. The molecule has 11 heteroatoms. The van der Waals surface area contributed by atoms with Crippen LogP contribution in [0.5, 0.6) is 0 Å². The molecule has 0 unspecified atom stereocenters. The highest BCUT2D eigenvalue weighted by Gasteiger charge is 2.28. The van der Waals surface area contributed by atoms with Gasteiger partial charge in [-0.05, 0) is 50.2 Å². The topological polar surface area (TPSA) is 60.0 Å². The standard InChI is InChI=1S/C24H35N5O2S.3ClH/c1-4-26-11-17-29(18-12-26)32(30,31)23-8-5-21(6-9-23)22-7-10-24(25-19-22)28-15-13-27(14-16-28)20(2)3;;;/h5-10,19-20H,4,11-18H2,1-3H3;3*1H. The van der Waals surface area contributed by atoms with Crippen LogP contribution >= 0.6 is 37.2 Å². The van der Waals surface area contributed by atoms with Crippen molar-refractivity contribution >= 4 is 53.1 Å². The zero-order valence-electron chi connectivity index (χ0n) is 20.7. The molecule has 0 N–H and O–H groups in total. The van der Waals surface area contributed by atoms with E-state index in [0.29, 0.717) is 24.0 Å². The van der Waals surface area contributed by atoms with E-state index in [2.05, 4.69) is 52.6 Å². The van der Waals surface area contributed by atoms with Crippen molar-refractivity contribution in [3.05, 3.63) is 42.6 Å². The summed E-state index contributed by atoms with van der Waals surface area (Å²) in [6.45, 7) is 14.3. The quantitative estimate of drug-likeness (QED) is 0.529. The molecule has 0 spiro atoms. The van der Waals surface area contributed by atoms with Crippen LogP contribution in [-0.2, 0) is 10.0 Å². The van der Waals surface area contributed by atoms with E-state index < -0.39 is 10.0 Å². The van der Waals surface area contributed by atoms with E-state index in [4.69, 9.17) is 0 Å². The second kappa shape index (κ2) is 14.0. The first-order chi connectivity index (χ1) is 15.4. The highest BCUT2D eigenvalue weighted by atomic mass is 35.5. The SMILES string of the molecule is CCN1CCN(S(=O)(=O)c2ccc(-c3ccc(N4CCN(C(C)C)CC4)nc3)cc2)CC1.Cl.Cl.Cl. The normalized spacial score (nSPS) is 17.9. The number of nitrogens with zero attached hydrogens (tertiary/aromatic N) is 5. The number of likely N-dealkylation sites (N-methyl/N-ethyl adjacent to an activating group) is 1. The van der Waals surface area contributed by atoms with Crippen molar-refractivity contribution in [2.45, 2.75) is 31.7 Å². The molecular weight excluding hydrogens is 529 g/mol.